The van der Waals surface area contributed by atoms with Gasteiger partial charge < -0.3 is 4.74 Å². The summed E-state index contributed by atoms with van der Waals surface area (Å²) >= 11 is 1.24. The van der Waals surface area contributed by atoms with E-state index >= 15 is 0 Å². The highest BCUT2D eigenvalue weighted by Crippen LogP contribution is 2.37. The zero-order valence-electron chi connectivity index (χ0n) is 15.3. The van der Waals surface area contributed by atoms with Crippen LogP contribution in [-0.2, 0) is 20.2 Å². The van der Waals surface area contributed by atoms with Crippen LogP contribution in [0.2, 0.25) is 0 Å². The molecule has 7 heteroatoms. The van der Waals surface area contributed by atoms with E-state index in [1.54, 1.807) is 25.1 Å². The number of sulfonamides is 1. The van der Waals surface area contributed by atoms with E-state index in [9.17, 15) is 13.2 Å². The maximum atomic E-state index is 12.8. The van der Waals surface area contributed by atoms with Gasteiger partial charge in [0.05, 0.1) is 17.7 Å². The number of benzene rings is 1. The molecular weight excluding hydrogens is 358 g/mol. The molecule has 136 valence electrons. The molecule has 0 aliphatic rings. The van der Waals surface area contributed by atoms with Gasteiger partial charge in [0.2, 0.25) is 0 Å². The molecule has 0 radical (unpaired) electrons. The summed E-state index contributed by atoms with van der Waals surface area (Å²) in [7, 11) is -2.53. The normalized spacial score (nSPS) is 12.1. The fraction of sp³-hybridized carbons (Fsp3) is 0.389. The minimum atomic E-state index is -3.81. The first-order valence-electron chi connectivity index (χ1n) is 7.78. The van der Waals surface area contributed by atoms with E-state index in [-0.39, 0.29) is 20.9 Å². The van der Waals surface area contributed by atoms with Gasteiger partial charge in [0.1, 0.15) is 4.88 Å². The number of anilines is 1. The van der Waals surface area contributed by atoms with Crippen LogP contribution in [0.25, 0.3) is 0 Å². The number of hydrogen-bond acceptors (Lipinski definition) is 5. The number of carbonyl (C=O) groups excluding carboxylic acids is 1. The third kappa shape index (κ3) is 4.22. The van der Waals surface area contributed by atoms with E-state index in [1.807, 2.05) is 33.8 Å². The van der Waals surface area contributed by atoms with Crippen molar-refractivity contribution in [2.75, 3.05) is 11.8 Å². The van der Waals surface area contributed by atoms with Crippen molar-refractivity contribution >= 4 is 33.0 Å². The highest BCUT2D eigenvalue weighted by atomic mass is 32.2. The van der Waals surface area contributed by atoms with Crippen molar-refractivity contribution in [1.82, 2.24) is 0 Å². The molecule has 0 amide bonds. The molecule has 0 saturated heterocycles. The van der Waals surface area contributed by atoms with Crippen LogP contribution in [0.3, 0.4) is 0 Å². The average Bonchev–Trinajstić information content (AvgIpc) is 2.89. The molecule has 0 atom stereocenters. The number of carbonyl (C=O) groups is 1. The van der Waals surface area contributed by atoms with Crippen molar-refractivity contribution in [3.63, 3.8) is 0 Å². The predicted molar refractivity (Wildman–Crippen MR) is 101 cm³/mol. The Bertz CT molecular complexity index is 906. The summed E-state index contributed by atoms with van der Waals surface area (Å²) < 4.78 is 32.9. The molecule has 1 aromatic carbocycles. The van der Waals surface area contributed by atoms with Gasteiger partial charge in [-0.25, -0.2) is 13.2 Å². The highest BCUT2D eigenvalue weighted by Gasteiger charge is 2.27. The van der Waals surface area contributed by atoms with Crippen LogP contribution in [0.5, 0.6) is 0 Å². The molecular formula is C18H23NO4S2. The largest absolute Gasteiger partial charge is 0.465 e. The molecule has 0 unspecified atom stereocenters. The molecule has 0 bridgehead atoms. The van der Waals surface area contributed by atoms with E-state index in [0.29, 0.717) is 5.56 Å². The zero-order valence-corrected chi connectivity index (χ0v) is 16.9. The van der Waals surface area contributed by atoms with Crippen LogP contribution in [0, 0.1) is 13.8 Å². The second-order valence-corrected chi connectivity index (χ2v) is 9.67. The Morgan fingerprint density at radius 1 is 1.16 bits per heavy atom. The van der Waals surface area contributed by atoms with Crippen LogP contribution in [0.4, 0.5) is 5.69 Å². The molecule has 1 N–H and O–H groups in total. The Morgan fingerprint density at radius 3 is 2.32 bits per heavy atom. The monoisotopic (exact) mass is 381 g/mol. The number of aryl methyl sites for hydroxylation is 2. The molecule has 1 heterocycles. The molecule has 2 rings (SSSR count). The van der Waals surface area contributed by atoms with Gasteiger partial charge in [-0.15, -0.1) is 11.3 Å². The van der Waals surface area contributed by atoms with Crippen LogP contribution in [-0.4, -0.2) is 21.5 Å². The van der Waals surface area contributed by atoms with Crippen LogP contribution in [0.15, 0.2) is 29.2 Å². The van der Waals surface area contributed by atoms with Crippen LogP contribution >= 0.6 is 11.3 Å². The van der Waals surface area contributed by atoms with Gasteiger partial charge >= 0.3 is 5.97 Å². The summed E-state index contributed by atoms with van der Waals surface area (Å²) in [5.41, 5.74) is 1.68. The highest BCUT2D eigenvalue weighted by molar-refractivity contribution is 7.92. The molecule has 0 aliphatic heterocycles. The summed E-state index contributed by atoms with van der Waals surface area (Å²) in [6.07, 6.45) is 0. The zero-order chi connectivity index (χ0) is 19.0. The Morgan fingerprint density at radius 2 is 1.80 bits per heavy atom. The second-order valence-electron chi connectivity index (χ2n) is 6.97. The molecule has 0 fully saturated rings. The summed E-state index contributed by atoms with van der Waals surface area (Å²) in [5.74, 6) is -0.557. The number of thiophene rings is 1. The molecule has 0 aliphatic carbocycles. The summed E-state index contributed by atoms with van der Waals surface area (Å²) in [6, 6.07) is 6.83. The predicted octanol–water partition coefficient (Wildman–Crippen LogP) is 4.25. The lowest BCUT2D eigenvalue weighted by molar-refractivity contribution is 0.0607. The van der Waals surface area contributed by atoms with Crippen molar-refractivity contribution in [3.8, 4) is 0 Å². The number of hydrogen-bond donors (Lipinski definition) is 1. The van der Waals surface area contributed by atoms with E-state index in [1.165, 1.54) is 18.4 Å². The Hall–Kier alpha value is -1.86. The molecule has 0 saturated carbocycles. The van der Waals surface area contributed by atoms with Crippen molar-refractivity contribution in [2.24, 2.45) is 0 Å². The lowest BCUT2D eigenvalue weighted by Gasteiger charge is -2.15. The minimum Gasteiger partial charge on any atom is -0.465 e. The number of esters is 1. The topological polar surface area (TPSA) is 72.5 Å². The lowest BCUT2D eigenvalue weighted by atomic mass is 9.95. The first kappa shape index (κ1) is 19.5. The maximum Gasteiger partial charge on any atom is 0.350 e. The van der Waals surface area contributed by atoms with Crippen LogP contribution in [0.1, 0.15) is 46.4 Å². The van der Waals surface area contributed by atoms with Crippen molar-refractivity contribution in [3.05, 3.63) is 45.1 Å². The quantitative estimate of drug-likeness (QED) is 0.804. The number of ether oxygens (including phenoxy) is 1. The molecule has 25 heavy (non-hydrogen) atoms. The van der Waals surface area contributed by atoms with Gasteiger partial charge in [-0.2, -0.15) is 0 Å². The molecule has 2 aromatic rings. The first-order chi connectivity index (χ1) is 11.5. The van der Waals surface area contributed by atoms with Gasteiger partial charge in [-0.1, -0.05) is 38.5 Å². The van der Waals surface area contributed by atoms with Crippen molar-refractivity contribution < 1.29 is 17.9 Å². The van der Waals surface area contributed by atoms with E-state index in [2.05, 4.69) is 4.72 Å². The standard InChI is InChI=1S/C18H23NO4S2/c1-11-7-8-14(12(2)9-11)25(21,22)19-13-10-15(18(3,4)5)24-16(13)17(20)23-6/h7-10,19H,1-6H3. The lowest BCUT2D eigenvalue weighted by Crippen LogP contribution is -2.16. The van der Waals surface area contributed by atoms with Gasteiger partial charge in [0.25, 0.3) is 10.0 Å². The Kier molecular flexibility index (Phi) is 5.30. The fourth-order valence-corrected chi connectivity index (χ4v) is 4.83. The summed E-state index contributed by atoms with van der Waals surface area (Å²) in [6.45, 7) is 9.66. The third-order valence-electron chi connectivity index (χ3n) is 3.71. The van der Waals surface area contributed by atoms with E-state index in [0.717, 1.165) is 10.4 Å². The SMILES string of the molecule is COC(=O)c1sc(C(C)(C)C)cc1NS(=O)(=O)c1ccc(C)cc1C. The average molecular weight is 382 g/mol. The Labute approximate surface area is 153 Å². The summed E-state index contributed by atoms with van der Waals surface area (Å²) in [5, 5.41) is 0. The van der Waals surface area contributed by atoms with Gasteiger partial charge in [0, 0.05) is 4.88 Å². The smallest absolute Gasteiger partial charge is 0.350 e. The van der Waals surface area contributed by atoms with E-state index in [4.69, 9.17) is 4.74 Å². The van der Waals surface area contributed by atoms with Crippen molar-refractivity contribution in [2.45, 2.75) is 44.9 Å². The fourth-order valence-electron chi connectivity index (χ4n) is 2.38. The van der Waals surface area contributed by atoms with E-state index < -0.39 is 16.0 Å². The maximum absolute atomic E-state index is 12.8. The number of rotatable bonds is 4. The van der Waals surface area contributed by atoms with Crippen LogP contribution < -0.4 is 4.72 Å². The molecule has 1 aromatic heterocycles. The third-order valence-corrected chi connectivity index (χ3v) is 6.77. The molecule has 0 spiro atoms. The molecule has 5 nitrogen and oxygen atoms in total. The minimum absolute atomic E-state index is 0.192. The number of nitrogens with one attached hydrogen (secondary N) is 1. The van der Waals surface area contributed by atoms with Gasteiger partial charge in [-0.3, -0.25) is 4.72 Å². The van der Waals surface area contributed by atoms with Gasteiger partial charge in [0.15, 0.2) is 0 Å². The summed E-state index contributed by atoms with van der Waals surface area (Å²) in [4.78, 5) is 13.4. The van der Waals surface area contributed by atoms with Gasteiger partial charge in [-0.05, 0) is 37.0 Å². The Balaban J connectivity index is 2.51. The first-order valence-corrected chi connectivity index (χ1v) is 10.1. The number of methoxy groups -OCH3 is 1. The van der Waals surface area contributed by atoms with Crippen molar-refractivity contribution in [1.29, 1.82) is 0 Å². The second kappa shape index (κ2) is 6.80.